The molecule has 0 radical (unpaired) electrons. The van der Waals surface area contributed by atoms with Crippen molar-refractivity contribution in [1.29, 1.82) is 0 Å². The van der Waals surface area contributed by atoms with Crippen LogP contribution in [-0.4, -0.2) is 68.8 Å². The molecule has 2 aliphatic heterocycles. The van der Waals surface area contributed by atoms with Crippen molar-refractivity contribution in [3.8, 4) is 0 Å². The Bertz CT molecular complexity index is 1060. The molecule has 0 bridgehead atoms. The van der Waals surface area contributed by atoms with Crippen molar-refractivity contribution < 1.29 is 27.2 Å². The zero-order valence-electron chi connectivity index (χ0n) is 23.7. The van der Waals surface area contributed by atoms with Crippen LogP contribution in [0, 0.1) is 0 Å². The van der Waals surface area contributed by atoms with E-state index in [2.05, 4.69) is 60.4 Å². The topological polar surface area (TPSA) is 110 Å². The summed E-state index contributed by atoms with van der Waals surface area (Å²) in [6.45, 7) is 16.7. The molecule has 0 saturated carbocycles. The van der Waals surface area contributed by atoms with Gasteiger partial charge in [0.1, 0.15) is 25.1 Å². The largest absolute Gasteiger partial charge is 0.414 e. The molecule has 0 amide bonds. The number of hydrogen-bond acceptors (Lipinski definition) is 8. The highest BCUT2D eigenvalue weighted by Gasteiger charge is 2.62. The molecule has 10 nitrogen and oxygen atoms in total. The molecule has 4 atom stereocenters. The number of aromatic nitrogens is 2. The minimum atomic E-state index is -3.01. The summed E-state index contributed by atoms with van der Waals surface area (Å²) in [5, 5.41) is 0. The second-order valence-corrected chi connectivity index (χ2v) is 22.7. The Kier molecular flexibility index (Phi) is 11.0. The van der Waals surface area contributed by atoms with Gasteiger partial charge in [-0.1, -0.05) is 90.2 Å². The first-order valence-corrected chi connectivity index (χ1v) is 18.4. The van der Waals surface area contributed by atoms with E-state index in [1.165, 1.54) is 16.8 Å². The number of fused-ring (bicyclic) bond motifs is 1. The van der Waals surface area contributed by atoms with E-state index < -0.39 is 56.7 Å². The van der Waals surface area contributed by atoms with Crippen LogP contribution < -0.4 is 11.2 Å². The summed E-state index contributed by atoms with van der Waals surface area (Å²) < 4.78 is 38.8. The Labute approximate surface area is 247 Å². The SMILES string of the molecule is CC(C)[Si]1(C(C)C)OC[C@H]2O[C@@H](n3ccc(=O)[nH]c3=O)[C@H](OCOCC(Cl)(Cl)Cl)[C@@H]2O[Si](C(C)C)(C(C)C)O1. The molecular weight excluding hydrogens is 607 g/mol. The van der Waals surface area contributed by atoms with Gasteiger partial charge in [0.05, 0.1) is 13.2 Å². The summed E-state index contributed by atoms with van der Waals surface area (Å²) in [4.78, 5) is 26.9. The van der Waals surface area contributed by atoms with Gasteiger partial charge in [-0.15, -0.1) is 0 Å². The molecule has 0 aromatic carbocycles. The molecule has 0 aliphatic carbocycles. The van der Waals surface area contributed by atoms with Gasteiger partial charge >= 0.3 is 22.8 Å². The van der Waals surface area contributed by atoms with E-state index in [9.17, 15) is 9.59 Å². The molecule has 15 heteroatoms. The van der Waals surface area contributed by atoms with Crippen LogP contribution in [0.25, 0.3) is 0 Å². The third-order valence-electron chi connectivity index (χ3n) is 7.35. The highest BCUT2D eigenvalue weighted by molar-refractivity contribution is 6.84. The van der Waals surface area contributed by atoms with Crippen LogP contribution in [-0.2, 0) is 27.2 Å². The number of halogens is 3. The third kappa shape index (κ3) is 7.22. The number of ether oxygens (including phenoxy) is 3. The maximum absolute atomic E-state index is 12.8. The van der Waals surface area contributed by atoms with Gasteiger partial charge in [-0.3, -0.25) is 14.3 Å². The molecule has 1 aromatic heterocycles. The Hall–Kier alpha value is -0.256. The van der Waals surface area contributed by atoms with Gasteiger partial charge in [0.25, 0.3) is 5.56 Å². The van der Waals surface area contributed by atoms with Crippen molar-refractivity contribution in [1.82, 2.24) is 9.55 Å². The first kappa shape index (κ1) is 33.2. The maximum Gasteiger partial charge on any atom is 0.335 e. The predicted octanol–water partition coefficient (Wildman–Crippen LogP) is 5.12. The van der Waals surface area contributed by atoms with E-state index in [4.69, 9.17) is 62.0 Å². The fraction of sp³-hybridized carbons (Fsp3) is 0.833. The average molecular weight is 648 g/mol. The normalized spacial score (nSPS) is 27.3. The molecule has 0 spiro atoms. The number of nitrogens with zero attached hydrogens (tertiary/aromatic N) is 1. The maximum atomic E-state index is 12.8. The van der Waals surface area contributed by atoms with E-state index in [1.54, 1.807) is 0 Å². The summed E-state index contributed by atoms with van der Waals surface area (Å²) in [5.41, 5.74) is -0.709. The van der Waals surface area contributed by atoms with Crippen molar-refractivity contribution >= 4 is 51.9 Å². The van der Waals surface area contributed by atoms with Crippen molar-refractivity contribution in [2.24, 2.45) is 0 Å². The molecule has 1 N–H and O–H groups in total. The van der Waals surface area contributed by atoms with Crippen LogP contribution in [0.5, 0.6) is 0 Å². The molecule has 2 fully saturated rings. The summed E-state index contributed by atoms with van der Waals surface area (Å²) >= 11 is 17.5. The number of nitrogens with one attached hydrogen (secondary N) is 1. The molecule has 224 valence electrons. The standard InChI is InChI=1S/C24H41Cl3N2O8Si2/c1-14(2)38(15(3)4)34-11-18-20(36-39(37-38,16(5)6)17(7)8)21(33-13-32-12-24(25,26)27)22(35-18)29-10-9-19(30)28-23(29)31/h9-10,14-18,20-22H,11-13H2,1-8H3,(H,28,30,31)/t18-,20-,21-,22-/m1/s1. The van der Waals surface area contributed by atoms with Gasteiger partial charge in [0, 0.05) is 12.3 Å². The molecule has 39 heavy (non-hydrogen) atoms. The van der Waals surface area contributed by atoms with Gasteiger partial charge in [-0.05, 0) is 22.2 Å². The Balaban J connectivity index is 2.08. The predicted molar refractivity (Wildman–Crippen MR) is 155 cm³/mol. The van der Waals surface area contributed by atoms with Crippen LogP contribution in [0.2, 0.25) is 22.2 Å². The zero-order valence-corrected chi connectivity index (χ0v) is 28.0. The van der Waals surface area contributed by atoms with Crippen LogP contribution in [0.1, 0.15) is 61.6 Å². The van der Waals surface area contributed by atoms with E-state index in [0.717, 1.165) is 0 Å². The molecule has 2 aliphatic rings. The van der Waals surface area contributed by atoms with E-state index >= 15 is 0 Å². The Morgan fingerprint density at radius 2 is 1.62 bits per heavy atom. The molecular formula is C24H41Cl3N2O8Si2. The van der Waals surface area contributed by atoms with Gasteiger partial charge in [0.15, 0.2) is 6.23 Å². The van der Waals surface area contributed by atoms with Gasteiger partial charge < -0.3 is 27.2 Å². The summed E-state index contributed by atoms with van der Waals surface area (Å²) in [6.07, 6.45) is -1.63. The molecule has 2 saturated heterocycles. The Morgan fingerprint density at radius 1 is 1.03 bits per heavy atom. The third-order valence-corrected chi connectivity index (χ3v) is 17.9. The fourth-order valence-corrected chi connectivity index (χ4v) is 16.9. The van der Waals surface area contributed by atoms with Gasteiger partial charge in [0.2, 0.25) is 3.79 Å². The number of hydrogen-bond donors (Lipinski definition) is 1. The highest BCUT2D eigenvalue weighted by Crippen LogP contribution is 2.48. The van der Waals surface area contributed by atoms with Crippen molar-refractivity contribution in [3.05, 3.63) is 33.1 Å². The second kappa shape index (κ2) is 12.9. The zero-order chi connectivity index (χ0) is 29.3. The number of rotatable bonds is 9. The molecule has 0 unspecified atom stereocenters. The average Bonchev–Trinajstić information content (AvgIpc) is 3.11. The van der Waals surface area contributed by atoms with Crippen molar-refractivity contribution in [2.75, 3.05) is 20.0 Å². The van der Waals surface area contributed by atoms with Crippen LogP contribution in [0.15, 0.2) is 21.9 Å². The van der Waals surface area contributed by atoms with Crippen LogP contribution >= 0.6 is 34.8 Å². The smallest absolute Gasteiger partial charge is 0.335 e. The lowest BCUT2D eigenvalue weighted by Crippen LogP contribution is -2.66. The molecule has 3 rings (SSSR count). The Morgan fingerprint density at radius 3 is 2.13 bits per heavy atom. The summed E-state index contributed by atoms with van der Waals surface area (Å²) in [6, 6.07) is 1.25. The van der Waals surface area contributed by atoms with E-state index in [-0.39, 0.29) is 42.2 Å². The lowest BCUT2D eigenvalue weighted by molar-refractivity contribution is -0.138. The minimum Gasteiger partial charge on any atom is -0.414 e. The number of H-pyrrole nitrogens is 1. The van der Waals surface area contributed by atoms with Crippen LogP contribution in [0.3, 0.4) is 0 Å². The van der Waals surface area contributed by atoms with E-state index in [0.29, 0.717) is 0 Å². The van der Waals surface area contributed by atoms with Gasteiger partial charge in [-0.25, -0.2) is 4.79 Å². The second-order valence-electron chi connectivity index (χ2n) is 11.4. The first-order chi connectivity index (χ1) is 18.0. The highest BCUT2D eigenvalue weighted by atomic mass is 35.6. The fourth-order valence-electron chi connectivity index (χ4n) is 5.44. The van der Waals surface area contributed by atoms with Gasteiger partial charge in [-0.2, -0.15) is 0 Å². The van der Waals surface area contributed by atoms with Crippen LogP contribution in [0.4, 0.5) is 0 Å². The quantitative estimate of drug-likeness (QED) is 0.170. The van der Waals surface area contributed by atoms with Crippen molar-refractivity contribution in [3.63, 3.8) is 0 Å². The molecule has 1 aromatic rings. The minimum absolute atomic E-state index is 0.0698. The molecule has 3 heterocycles. The van der Waals surface area contributed by atoms with Crippen molar-refractivity contribution in [2.45, 2.75) is 106 Å². The first-order valence-electron chi connectivity index (χ1n) is 13.3. The summed E-state index contributed by atoms with van der Waals surface area (Å²) in [7, 11) is -5.82. The van der Waals surface area contributed by atoms with E-state index in [1.807, 2.05) is 0 Å². The monoisotopic (exact) mass is 646 g/mol. The number of alkyl halides is 3. The lowest BCUT2D eigenvalue weighted by Gasteiger charge is -2.51. The summed E-state index contributed by atoms with van der Waals surface area (Å²) in [5.74, 6) is 0. The lowest BCUT2D eigenvalue weighted by atomic mass is 10.1. The number of aromatic amines is 1.